The quantitative estimate of drug-likeness (QED) is 0.711. The molecule has 1 atom stereocenters. The molecule has 1 saturated heterocycles. The molecule has 1 aliphatic rings. The van der Waals surface area contributed by atoms with Crippen molar-refractivity contribution in [2.24, 2.45) is 5.92 Å². The fourth-order valence-corrected chi connectivity index (χ4v) is 3.13. The summed E-state index contributed by atoms with van der Waals surface area (Å²) in [4.78, 5) is 2.74. The number of likely N-dealkylation sites (tertiary alicyclic amines) is 1. The molecule has 1 unspecified atom stereocenters. The van der Waals surface area contributed by atoms with Crippen LogP contribution in [-0.4, -0.2) is 36.6 Å². The van der Waals surface area contributed by atoms with Crippen molar-refractivity contribution in [1.82, 2.24) is 10.2 Å². The summed E-state index contributed by atoms with van der Waals surface area (Å²) in [7, 11) is 0. The van der Waals surface area contributed by atoms with Crippen LogP contribution in [0.4, 0.5) is 0 Å². The summed E-state index contributed by atoms with van der Waals surface area (Å²) in [5.74, 6) is 1.01. The molecule has 18 heavy (non-hydrogen) atoms. The highest BCUT2D eigenvalue weighted by atomic mass is 15.2. The van der Waals surface area contributed by atoms with Gasteiger partial charge in [0.05, 0.1) is 0 Å². The van der Waals surface area contributed by atoms with Crippen LogP contribution in [0.5, 0.6) is 0 Å². The molecule has 0 amide bonds. The molecule has 0 aromatic rings. The fraction of sp³-hybridized carbons (Fsp3) is 1.00. The Morgan fingerprint density at radius 1 is 1.11 bits per heavy atom. The van der Waals surface area contributed by atoms with E-state index in [0.29, 0.717) is 6.04 Å². The van der Waals surface area contributed by atoms with Gasteiger partial charge >= 0.3 is 0 Å². The maximum absolute atomic E-state index is 3.62. The number of rotatable bonds is 8. The van der Waals surface area contributed by atoms with Crippen molar-refractivity contribution in [3.63, 3.8) is 0 Å². The lowest BCUT2D eigenvalue weighted by atomic mass is 9.91. The van der Waals surface area contributed by atoms with E-state index in [4.69, 9.17) is 0 Å². The predicted octanol–water partition coefficient (Wildman–Crippen LogP) is 3.67. The van der Waals surface area contributed by atoms with Gasteiger partial charge in [0.2, 0.25) is 0 Å². The standard InChI is InChI=1S/C16H34N2/c1-5-7-15-9-11-18(12-10-15)16(8-6-2)13-17-14(3)4/h14-17H,5-13H2,1-4H3. The Hall–Kier alpha value is -0.0800. The molecule has 0 aliphatic carbocycles. The van der Waals surface area contributed by atoms with Crippen LogP contribution in [0.2, 0.25) is 0 Å². The number of hydrogen-bond acceptors (Lipinski definition) is 2. The lowest BCUT2D eigenvalue weighted by molar-refractivity contribution is 0.119. The summed E-state index contributed by atoms with van der Waals surface area (Å²) in [6, 6.07) is 1.38. The van der Waals surface area contributed by atoms with Gasteiger partial charge in [-0.1, -0.05) is 47.0 Å². The van der Waals surface area contributed by atoms with Gasteiger partial charge in [-0.2, -0.15) is 0 Å². The van der Waals surface area contributed by atoms with Crippen molar-refractivity contribution in [3.8, 4) is 0 Å². The summed E-state index contributed by atoms with van der Waals surface area (Å²) in [6.07, 6.45) is 8.30. The number of nitrogens with zero attached hydrogens (tertiary/aromatic N) is 1. The molecule has 2 nitrogen and oxygen atoms in total. The summed E-state index contributed by atoms with van der Waals surface area (Å²) in [5, 5.41) is 3.62. The maximum atomic E-state index is 3.62. The third kappa shape index (κ3) is 5.71. The molecule has 2 heteroatoms. The molecule has 0 radical (unpaired) electrons. The molecule has 1 fully saturated rings. The van der Waals surface area contributed by atoms with E-state index in [2.05, 4.69) is 37.9 Å². The molecule has 1 heterocycles. The van der Waals surface area contributed by atoms with Crippen molar-refractivity contribution >= 4 is 0 Å². The SMILES string of the molecule is CCCC1CCN(C(CCC)CNC(C)C)CC1. The van der Waals surface area contributed by atoms with Crippen molar-refractivity contribution in [2.75, 3.05) is 19.6 Å². The van der Waals surface area contributed by atoms with Crippen molar-refractivity contribution < 1.29 is 0 Å². The summed E-state index contributed by atoms with van der Waals surface area (Å²) in [5.41, 5.74) is 0. The van der Waals surface area contributed by atoms with E-state index < -0.39 is 0 Å². The van der Waals surface area contributed by atoms with Gasteiger partial charge in [-0.3, -0.25) is 4.90 Å². The van der Waals surface area contributed by atoms with Gasteiger partial charge in [0.25, 0.3) is 0 Å². The van der Waals surface area contributed by atoms with Gasteiger partial charge < -0.3 is 5.32 Å². The highest BCUT2D eigenvalue weighted by molar-refractivity contribution is 4.80. The molecular formula is C16H34N2. The molecule has 0 saturated carbocycles. The Labute approximate surface area is 115 Å². The van der Waals surface area contributed by atoms with Crippen molar-refractivity contribution in [3.05, 3.63) is 0 Å². The van der Waals surface area contributed by atoms with E-state index in [9.17, 15) is 0 Å². The number of hydrogen-bond donors (Lipinski definition) is 1. The third-order valence-corrected chi connectivity index (χ3v) is 4.25. The van der Waals surface area contributed by atoms with E-state index in [-0.39, 0.29) is 0 Å². The third-order valence-electron chi connectivity index (χ3n) is 4.25. The Balaban J connectivity index is 2.34. The number of piperidine rings is 1. The first-order valence-electron chi connectivity index (χ1n) is 8.14. The van der Waals surface area contributed by atoms with Gasteiger partial charge in [-0.15, -0.1) is 0 Å². The van der Waals surface area contributed by atoms with Crippen molar-refractivity contribution in [2.45, 2.75) is 78.3 Å². The number of nitrogens with one attached hydrogen (secondary N) is 1. The molecule has 1 rings (SSSR count). The first kappa shape index (κ1) is 16.0. The molecule has 1 aliphatic heterocycles. The molecule has 0 spiro atoms. The zero-order valence-corrected chi connectivity index (χ0v) is 13.0. The van der Waals surface area contributed by atoms with Crippen LogP contribution in [-0.2, 0) is 0 Å². The first-order chi connectivity index (χ1) is 8.67. The fourth-order valence-electron chi connectivity index (χ4n) is 3.13. The summed E-state index contributed by atoms with van der Waals surface area (Å²) in [6.45, 7) is 13.0. The van der Waals surface area contributed by atoms with E-state index in [1.54, 1.807) is 0 Å². The summed E-state index contributed by atoms with van der Waals surface area (Å²) < 4.78 is 0. The highest BCUT2D eigenvalue weighted by Gasteiger charge is 2.24. The molecule has 0 aromatic heterocycles. The van der Waals surface area contributed by atoms with E-state index in [1.165, 1.54) is 58.2 Å². The van der Waals surface area contributed by atoms with Gasteiger partial charge in [0.1, 0.15) is 0 Å². The second-order valence-corrected chi connectivity index (χ2v) is 6.27. The Kier molecular flexibility index (Phi) is 7.92. The lowest BCUT2D eigenvalue weighted by Gasteiger charge is -2.38. The molecule has 0 aromatic carbocycles. The van der Waals surface area contributed by atoms with Crippen LogP contribution in [0, 0.1) is 5.92 Å². The average Bonchev–Trinajstić information content (AvgIpc) is 2.36. The van der Waals surface area contributed by atoms with E-state index >= 15 is 0 Å². The van der Waals surface area contributed by atoms with Crippen LogP contribution in [0.15, 0.2) is 0 Å². The van der Waals surface area contributed by atoms with Crippen LogP contribution in [0.3, 0.4) is 0 Å². The molecule has 108 valence electrons. The minimum absolute atomic E-state index is 0.613. The van der Waals surface area contributed by atoms with Gasteiger partial charge in [0, 0.05) is 18.6 Å². The van der Waals surface area contributed by atoms with E-state index in [1.807, 2.05) is 0 Å². The van der Waals surface area contributed by atoms with Crippen LogP contribution < -0.4 is 5.32 Å². The lowest BCUT2D eigenvalue weighted by Crippen LogP contribution is -2.47. The van der Waals surface area contributed by atoms with Crippen LogP contribution in [0.25, 0.3) is 0 Å². The van der Waals surface area contributed by atoms with E-state index in [0.717, 1.165) is 12.0 Å². The Bertz CT molecular complexity index is 195. The minimum atomic E-state index is 0.613. The summed E-state index contributed by atoms with van der Waals surface area (Å²) >= 11 is 0. The second-order valence-electron chi connectivity index (χ2n) is 6.27. The zero-order valence-electron chi connectivity index (χ0n) is 13.0. The molecule has 1 N–H and O–H groups in total. The maximum Gasteiger partial charge on any atom is 0.0220 e. The Morgan fingerprint density at radius 3 is 2.28 bits per heavy atom. The second kappa shape index (κ2) is 8.92. The minimum Gasteiger partial charge on any atom is -0.313 e. The van der Waals surface area contributed by atoms with Gasteiger partial charge in [0.15, 0.2) is 0 Å². The Morgan fingerprint density at radius 2 is 1.78 bits per heavy atom. The van der Waals surface area contributed by atoms with Crippen LogP contribution in [0.1, 0.15) is 66.2 Å². The predicted molar refractivity (Wildman–Crippen MR) is 81.0 cm³/mol. The van der Waals surface area contributed by atoms with Crippen molar-refractivity contribution in [1.29, 1.82) is 0 Å². The average molecular weight is 254 g/mol. The smallest absolute Gasteiger partial charge is 0.0220 e. The van der Waals surface area contributed by atoms with Gasteiger partial charge in [-0.05, 0) is 38.3 Å². The topological polar surface area (TPSA) is 15.3 Å². The normalized spacial score (nSPS) is 20.5. The first-order valence-corrected chi connectivity index (χ1v) is 8.14. The van der Waals surface area contributed by atoms with Crippen LogP contribution >= 0.6 is 0 Å². The molecule has 0 bridgehead atoms. The monoisotopic (exact) mass is 254 g/mol. The highest BCUT2D eigenvalue weighted by Crippen LogP contribution is 2.23. The van der Waals surface area contributed by atoms with Gasteiger partial charge in [-0.25, -0.2) is 0 Å². The zero-order chi connectivity index (χ0) is 13.4. The largest absolute Gasteiger partial charge is 0.313 e. The molecular weight excluding hydrogens is 220 g/mol.